The molecule has 2 fully saturated rings. The second kappa shape index (κ2) is 5.83. The maximum Gasteiger partial charge on any atom is 0.0516 e. The first-order valence-corrected chi connectivity index (χ1v) is 6.42. The molecule has 1 atom stereocenters. The molecule has 2 N–H and O–H groups in total. The molecular formula is C12H24N2O. The molecule has 15 heavy (non-hydrogen) atoms. The van der Waals surface area contributed by atoms with Gasteiger partial charge in [-0.2, -0.15) is 0 Å². The summed E-state index contributed by atoms with van der Waals surface area (Å²) in [5.41, 5.74) is 5.57. The van der Waals surface area contributed by atoms with Gasteiger partial charge in [0.15, 0.2) is 0 Å². The highest BCUT2D eigenvalue weighted by atomic mass is 16.5. The van der Waals surface area contributed by atoms with E-state index in [1.165, 1.54) is 45.2 Å². The van der Waals surface area contributed by atoms with Crippen LogP contribution in [0.5, 0.6) is 0 Å². The van der Waals surface area contributed by atoms with E-state index < -0.39 is 0 Å². The van der Waals surface area contributed by atoms with Gasteiger partial charge in [-0.1, -0.05) is 0 Å². The second-order valence-corrected chi connectivity index (χ2v) is 4.96. The molecule has 0 bridgehead atoms. The number of ether oxygens (including phenoxy) is 1. The molecule has 2 aliphatic rings. The quantitative estimate of drug-likeness (QED) is 0.719. The van der Waals surface area contributed by atoms with Crippen molar-refractivity contribution >= 4 is 0 Å². The molecule has 0 aromatic rings. The second-order valence-electron chi connectivity index (χ2n) is 4.96. The minimum atomic E-state index is 0.828. The number of likely N-dealkylation sites (tertiary alicyclic amines) is 1. The first-order valence-electron chi connectivity index (χ1n) is 6.42. The highest BCUT2D eigenvalue weighted by Crippen LogP contribution is 2.23. The van der Waals surface area contributed by atoms with Crippen molar-refractivity contribution in [3.05, 3.63) is 0 Å². The van der Waals surface area contributed by atoms with Gasteiger partial charge in [-0.25, -0.2) is 0 Å². The van der Waals surface area contributed by atoms with E-state index in [1.807, 2.05) is 0 Å². The summed E-state index contributed by atoms with van der Waals surface area (Å²) in [6.45, 7) is 5.44. The van der Waals surface area contributed by atoms with Crippen LogP contribution in [-0.4, -0.2) is 43.8 Å². The van der Waals surface area contributed by atoms with Gasteiger partial charge in [0.25, 0.3) is 0 Å². The van der Waals surface area contributed by atoms with Crippen LogP contribution in [0.25, 0.3) is 0 Å². The number of nitrogens with zero attached hydrogens (tertiary/aromatic N) is 1. The molecule has 0 aliphatic carbocycles. The van der Waals surface area contributed by atoms with Gasteiger partial charge in [0.05, 0.1) is 13.2 Å². The summed E-state index contributed by atoms with van der Waals surface area (Å²) in [7, 11) is 0. The van der Waals surface area contributed by atoms with E-state index in [2.05, 4.69) is 4.90 Å². The minimum absolute atomic E-state index is 0.828. The van der Waals surface area contributed by atoms with Crippen molar-refractivity contribution in [3.63, 3.8) is 0 Å². The molecule has 0 spiro atoms. The highest BCUT2D eigenvalue weighted by Gasteiger charge is 2.25. The van der Waals surface area contributed by atoms with Crippen molar-refractivity contribution in [1.82, 2.24) is 4.90 Å². The maximum absolute atomic E-state index is 5.57. The Hall–Kier alpha value is -0.120. The van der Waals surface area contributed by atoms with Gasteiger partial charge < -0.3 is 15.4 Å². The van der Waals surface area contributed by atoms with Crippen LogP contribution >= 0.6 is 0 Å². The largest absolute Gasteiger partial charge is 0.381 e. The average Bonchev–Trinajstić information content (AvgIpc) is 2.60. The van der Waals surface area contributed by atoms with Crippen LogP contribution in [0.1, 0.15) is 32.1 Å². The zero-order valence-corrected chi connectivity index (χ0v) is 9.66. The van der Waals surface area contributed by atoms with Crippen LogP contribution in [0.15, 0.2) is 0 Å². The molecule has 2 rings (SSSR count). The zero-order chi connectivity index (χ0) is 10.5. The summed E-state index contributed by atoms with van der Waals surface area (Å²) < 4.78 is 5.21. The first-order chi connectivity index (χ1) is 7.40. The molecule has 0 aromatic heterocycles. The number of nitrogens with two attached hydrogens (primary N) is 1. The summed E-state index contributed by atoms with van der Waals surface area (Å²) in [5, 5.41) is 0. The predicted octanol–water partition coefficient (Wildman–Crippen LogP) is 1.23. The molecule has 0 amide bonds. The van der Waals surface area contributed by atoms with Crippen LogP contribution in [0.3, 0.4) is 0 Å². The molecule has 0 radical (unpaired) electrons. The van der Waals surface area contributed by atoms with E-state index in [9.17, 15) is 0 Å². The van der Waals surface area contributed by atoms with E-state index in [0.29, 0.717) is 0 Å². The number of hydrogen-bond acceptors (Lipinski definition) is 3. The van der Waals surface area contributed by atoms with E-state index >= 15 is 0 Å². The fourth-order valence-electron chi connectivity index (χ4n) is 2.67. The number of hydrogen-bond donors (Lipinski definition) is 1. The van der Waals surface area contributed by atoms with Gasteiger partial charge in [-0.3, -0.25) is 0 Å². The Morgan fingerprint density at radius 1 is 1.27 bits per heavy atom. The van der Waals surface area contributed by atoms with Crippen molar-refractivity contribution in [2.24, 2.45) is 11.7 Å². The van der Waals surface area contributed by atoms with E-state index in [0.717, 1.165) is 31.7 Å². The summed E-state index contributed by atoms with van der Waals surface area (Å²) in [6, 6.07) is 0.828. The fraction of sp³-hybridized carbons (Fsp3) is 1.00. The van der Waals surface area contributed by atoms with Crippen molar-refractivity contribution in [1.29, 1.82) is 0 Å². The zero-order valence-electron chi connectivity index (χ0n) is 9.66. The normalized spacial score (nSPS) is 28.2. The molecule has 1 unspecified atom stereocenters. The van der Waals surface area contributed by atoms with Gasteiger partial charge in [-0.15, -0.1) is 0 Å². The third-order valence-electron chi connectivity index (χ3n) is 3.77. The van der Waals surface area contributed by atoms with Gasteiger partial charge in [0.1, 0.15) is 0 Å². The van der Waals surface area contributed by atoms with Crippen molar-refractivity contribution in [2.45, 2.75) is 38.1 Å². The lowest BCUT2D eigenvalue weighted by atomic mass is 10.0. The van der Waals surface area contributed by atoms with Gasteiger partial charge in [0.2, 0.25) is 0 Å². The molecular weight excluding hydrogens is 188 g/mol. The molecule has 3 nitrogen and oxygen atoms in total. The highest BCUT2D eigenvalue weighted by molar-refractivity contribution is 4.80. The summed E-state index contributed by atoms with van der Waals surface area (Å²) in [4.78, 5) is 2.67. The molecule has 2 saturated heterocycles. The molecule has 3 heteroatoms. The van der Waals surface area contributed by atoms with Crippen LogP contribution in [0.4, 0.5) is 0 Å². The van der Waals surface area contributed by atoms with Crippen LogP contribution in [-0.2, 0) is 4.74 Å². The van der Waals surface area contributed by atoms with E-state index in [-0.39, 0.29) is 0 Å². The molecule has 0 saturated carbocycles. The van der Waals surface area contributed by atoms with Crippen molar-refractivity contribution in [2.75, 3.05) is 32.8 Å². The fourth-order valence-corrected chi connectivity index (χ4v) is 2.67. The topological polar surface area (TPSA) is 38.5 Å². The third-order valence-corrected chi connectivity index (χ3v) is 3.77. The Balaban J connectivity index is 1.64. The smallest absolute Gasteiger partial charge is 0.0516 e. The summed E-state index contributed by atoms with van der Waals surface area (Å²) in [5.74, 6) is 0.848. The minimum Gasteiger partial charge on any atom is -0.381 e. The molecule has 2 aliphatic heterocycles. The van der Waals surface area contributed by atoms with Crippen LogP contribution in [0, 0.1) is 5.92 Å². The van der Waals surface area contributed by atoms with E-state index in [4.69, 9.17) is 10.5 Å². The molecule has 0 aromatic carbocycles. The Labute approximate surface area is 93.0 Å². The summed E-state index contributed by atoms with van der Waals surface area (Å²) in [6.07, 6.45) is 6.60. The maximum atomic E-state index is 5.57. The van der Waals surface area contributed by atoms with Gasteiger partial charge in [0, 0.05) is 12.0 Å². The van der Waals surface area contributed by atoms with Crippen LogP contribution in [0.2, 0.25) is 0 Å². The molecule has 2 heterocycles. The lowest BCUT2D eigenvalue weighted by Gasteiger charge is -2.30. The Morgan fingerprint density at radius 2 is 2.13 bits per heavy atom. The lowest BCUT2D eigenvalue weighted by Crippen LogP contribution is -2.35. The monoisotopic (exact) mass is 212 g/mol. The van der Waals surface area contributed by atoms with Crippen molar-refractivity contribution < 1.29 is 4.74 Å². The molecule has 88 valence electrons. The first kappa shape index (κ1) is 11.4. The third kappa shape index (κ3) is 3.16. The van der Waals surface area contributed by atoms with Crippen LogP contribution < -0.4 is 5.73 Å². The Morgan fingerprint density at radius 3 is 2.80 bits per heavy atom. The Kier molecular flexibility index (Phi) is 4.42. The Bertz CT molecular complexity index is 182. The predicted molar refractivity (Wildman–Crippen MR) is 61.8 cm³/mol. The van der Waals surface area contributed by atoms with Crippen molar-refractivity contribution in [3.8, 4) is 0 Å². The lowest BCUT2D eigenvalue weighted by molar-refractivity contribution is -0.0394. The van der Waals surface area contributed by atoms with Gasteiger partial charge in [-0.05, 0) is 51.7 Å². The van der Waals surface area contributed by atoms with E-state index in [1.54, 1.807) is 0 Å². The van der Waals surface area contributed by atoms with Gasteiger partial charge >= 0.3 is 0 Å². The standard InChI is InChI=1S/C12H24N2O/c13-6-1-3-12-4-2-7-14(12)8-5-11-9-15-10-11/h11-12H,1-10,13H2. The summed E-state index contributed by atoms with van der Waals surface area (Å²) >= 11 is 0. The average molecular weight is 212 g/mol. The SMILES string of the molecule is NCCCC1CCCN1CCC1COC1. The number of rotatable bonds is 6.